The lowest BCUT2D eigenvalue weighted by atomic mass is 10.1. The van der Waals surface area contributed by atoms with Gasteiger partial charge in [0.1, 0.15) is 5.58 Å². The molecule has 6 heteroatoms. The van der Waals surface area contributed by atoms with Crippen LogP contribution in [-0.2, 0) is 0 Å². The molecule has 5 nitrogen and oxygen atoms in total. The zero-order valence-corrected chi connectivity index (χ0v) is 17.0. The van der Waals surface area contributed by atoms with Crippen LogP contribution in [0.5, 0.6) is 0 Å². The second-order valence-corrected chi connectivity index (χ2v) is 9.48. The Morgan fingerprint density at radius 3 is 2.93 bits per heavy atom. The highest BCUT2D eigenvalue weighted by atomic mass is 32.1. The van der Waals surface area contributed by atoms with Crippen molar-refractivity contribution in [3.8, 4) is 10.4 Å². The van der Waals surface area contributed by atoms with E-state index in [0.29, 0.717) is 17.2 Å². The summed E-state index contributed by atoms with van der Waals surface area (Å²) in [4.78, 5) is 20.3. The van der Waals surface area contributed by atoms with Crippen LogP contribution in [0.2, 0.25) is 0 Å². The number of rotatable bonds is 2. The number of hydrogen-bond donors (Lipinski definition) is 1. The fourth-order valence-corrected chi connectivity index (χ4v) is 5.54. The SMILES string of the molecule is C[C@H]1CN(c2ccc3cc(-c4cc5cnccc5s4)c(=O)oc3c2)CC2(CC2)N1. The largest absolute Gasteiger partial charge is 0.422 e. The monoisotopic (exact) mass is 403 g/mol. The van der Waals surface area contributed by atoms with Gasteiger partial charge in [0, 0.05) is 69.2 Å². The van der Waals surface area contributed by atoms with Gasteiger partial charge in [0.2, 0.25) is 0 Å². The van der Waals surface area contributed by atoms with Crippen molar-refractivity contribution < 1.29 is 4.42 Å². The molecule has 0 radical (unpaired) electrons. The van der Waals surface area contributed by atoms with Crippen molar-refractivity contribution in [1.29, 1.82) is 0 Å². The zero-order valence-electron chi connectivity index (χ0n) is 16.1. The van der Waals surface area contributed by atoms with Crippen LogP contribution in [0, 0.1) is 0 Å². The van der Waals surface area contributed by atoms with Crippen LogP contribution < -0.4 is 15.8 Å². The van der Waals surface area contributed by atoms with E-state index in [9.17, 15) is 4.79 Å². The number of aromatic nitrogens is 1. The zero-order chi connectivity index (χ0) is 19.6. The van der Waals surface area contributed by atoms with E-state index in [4.69, 9.17) is 4.42 Å². The minimum absolute atomic E-state index is 0.285. The Labute approximate surface area is 172 Å². The Morgan fingerprint density at radius 1 is 1.21 bits per heavy atom. The first-order valence-electron chi connectivity index (χ1n) is 10.0. The maximum atomic E-state index is 12.8. The number of pyridine rings is 1. The third kappa shape index (κ3) is 2.94. The van der Waals surface area contributed by atoms with E-state index < -0.39 is 0 Å². The molecule has 1 atom stereocenters. The van der Waals surface area contributed by atoms with Crippen LogP contribution >= 0.6 is 11.3 Å². The van der Waals surface area contributed by atoms with E-state index >= 15 is 0 Å². The number of nitrogens with zero attached hydrogens (tertiary/aromatic N) is 2. The normalized spacial score (nSPS) is 20.6. The second-order valence-electron chi connectivity index (χ2n) is 8.40. The van der Waals surface area contributed by atoms with E-state index in [0.717, 1.165) is 39.1 Å². The minimum atomic E-state index is -0.290. The van der Waals surface area contributed by atoms with Crippen LogP contribution in [0.25, 0.3) is 31.5 Å². The van der Waals surface area contributed by atoms with Crippen LogP contribution in [0.15, 0.2) is 58.0 Å². The Balaban J connectivity index is 1.40. The summed E-state index contributed by atoms with van der Waals surface area (Å²) in [6.45, 7) is 4.21. The topological polar surface area (TPSA) is 58.4 Å². The van der Waals surface area contributed by atoms with E-state index in [1.165, 1.54) is 12.8 Å². The summed E-state index contributed by atoms with van der Waals surface area (Å²) in [5, 5.41) is 5.72. The van der Waals surface area contributed by atoms with Gasteiger partial charge < -0.3 is 14.6 Å². The maximum Gasteiger partial charge on any atom is 0.345 e. The van der Waals surface area contributed by atoms with Gasteiger partial charge in [-0.3, -0.25) is 4.98 Å². The van der Waals surface area contributed by atoms with E-state index in [1.54, 1.807) is 17.5 Å². The highest BCUT2D eigenvalue weighted by Crippen LogP contribution is 2.40. The molecule has 29 heavy (non-hydrogen) atoms. The minimum Gasteiger partial charge on any atom is -0.422 e. The van der Waals surface area contributed by atoms with Gasteiger partial charge >= 0.3 is 5.63 Å². The molecule has 0 amide bonds. The van der Waals surface area contributed by atoms with Gasteiger partial charge in [-0.25, -0.2) is 4.79 Å². The molecule has 3 aromatic heterocycles. The van der Waals surface area contributed by atoms with Gasteiger partial charge in [-0.05, 0) is 50.1 Å². The van der Waals surface area contributed by atoms with Crippen molar-refractivity contribution in [1.82, 2.24) is 10.3 Å². The first-order chi connectivity index (χ1) is 14.1. The molecule has 1 spiro atoms. The molecule has 1 saturated heterocycles. The maximum absolute atomic E-state index is 12.8. The van der Waals surface area contributed by atoms with Crippen molar-refractivity contribution >= 4 is 38.1 Å². The molecule has 1 aromatic carbocycles. The summed E-state index contributed by atoms with van der Waals surface area (Å²) in [6.07, 6.45) is 6.08. The number of piperazine rings is 1. The Bertz CT molecular complexity index is 1270. The lowest BCUT2D eigenvalue weighted by Gasteiger charge is -2.39. The fourth-order valence-electron chi connectivity index (χ4n) is 4.51. The van der Waals surface area contributed by atoms with Gasteiger partial charge in [-0.2, -0.15) is 0 Å². The molecular weight excluding hydrogens is 382 g/mol. The van der Waals surface area contributed by atoms with Gasteiger partial charge in [-0.15, -0.1) is 11.3 Å². The Kier molecular flexibility index (Phi) is 3.64. The standard InChI is InChI=1S/C23H21N3O2S/c1-14-12-26(13-23(25-14)5-6-23)17-3-2-15-8-18(22(27)28-19(15)10-17)21-9-16-11-24-7-4-20(16)29-21/h2-4,7-11,14,25H,5-6,12-13H2,1H3/t14-/m0/s1. The second kappa shape index (κ2) is 6.15. The average molecular weight is 404 g/mol. The number of thiophene rings is 1. The van der Waals surface area contributed by atoms with Crippen LogP contribution in [-0.4, -0.2) is 29.7 Å². The molecule has 1 aliphatic carbocycles. The predicted molar refractivity (Wildman–Crippen MR) is 118 cm³/mol. The summed E-state index contributed by atoms with van der Waals surface area (Å²) in [5.74, 6) is 0. The molecular formula is C23H21N3O2S. The lowest BCUT2D eigenvalue weighted by molar-refractivity contribution is 0.372. The molecule has 1 saturated carbocycles. The Hall–Kier alpha value is -2.70. The van der Waals surface area contributed by atoms with E-state index in [-0.39, 0.29) is 11.2 Å². The lowest BCUT2D eigenvalue weighted by Crippen LogP contribution is -2.57. The number of benzene rings is 1. The van der Waals surface area contributed by atoms with E-state index in [2.05, 4.69) is 34.3 Å². The molecule has 2 fully saturated rings. The smallest absolute Gasteiger partial charge is 0.345 e. The molecule has 4 heterocycles. The van der Waals surface area contributed by atoms with Crippen LogP contribution in [0.4, 0.5) is 5.69 Å². The van der Waals surface area contributed by atoms with Crippen molar-refractivity contribution in [3.05, 3.63) is 59.2 Å². The summed E-state index contributed by atoms with van der Waals surface area (Å²) >= 11 is 1.59. The number of nitrogens with one attached hydrogen (secondary N) is 1. The molecule has 146 valence electrons. The summed E-state index contributed by atoms with van der Waals surface area (Å²) in [5.41, 5.74) is 2.38. The average Bonchev–Trinajstić information content (AvgIpc) is 3.29. The number of hydrogen-bond acceptors (Lipinski definition) is 6. The first kappa shape index (κ1) is 17.2. The van der Waals surface area contributed by atoms with Crippen molar-refractivity contribution in [3.63, 3.8) is 0 Å². The molecule has 0 unspecified atom stereocenters. The van der Waals surface area contributed by atoms with Crippen LogP contribution in [0.1, 0.15) is 19.8 Å². The van der Waals surface area contributed by atoms with Crippen molar-refractivity contribution in [2.75, 3.05) is 18.0 Å². The quantitative estimate of drug-likeness (QED) is 0.503. The number of fused-ring (bicyclic) bond motifs is 2. The molecule has 0 bridgehead atoms. The van der Waals surface area contributed by atoms with Gasteiger partial charge in [0.25, 0.3) is 0 Å². The number of anilines is 1. The highest BCUT2D eigenvalue weighted by molar-refractivity contribution is 7.22. The predicted octanol–water partition coefficient (Wildman–Crippen LogP) is 4.40. The molecule has 1 N–H and O–H groups in total. The summed E-state index contributed by atoms with van der Waals surface area (Å²) in [6, 6.07) is 12.6. The van der Waals surface area contributed by atoms with Gasteiger partial charge in [0.15, 0.2) is 0 Å². The van der Waals surface area contributed by atoms with E-state index in [1.807, 2.05) is 30.5 Å². The fraction of sp³-hybridized carbons (Fsp3) is 0.304. The molecule has 2 aliphatic rings. The Morgan fingerprint density at radius 2 is 2.10 bits per heavy atom. The summed E-state index contributed by atoms with van der Waals surface area (Å²) in [7, 11) is 0. The van der Waals surface area contributed by atoms with Gasteiger partial charge in [0.05, 0.1) is 5.56 Å². The third-order valence-electron chi connectivity index (χ3n) is 6.06. The van der Waals surface area contributed by atoms with Crippen molar-refractivity contribution in [2.45, 2.75) is 31.3 Å². The third-order valence-corrected chi connectivity index (χ3v) is 7.21. The van der Waals surface area contributed by atoms with Crippen molar-refractivity contribution in [2.24, 2.45) is 0 Å². The van der Waals surface area contributed by atoms with Gasteiger partial charge in [-0.1, -0.05) is 0 Å². The summed E-state index contributed by atoms with van der Waals surface area (Å²) < 4.78 is 6.88. The first-order valence-corrected chi connectivity index (χ1v) is 10.8. The molecule has 4 aromatic rings. The molecule has 1 aliphatic heterocycles. The van der Waals surface area contributed by atoms with Crippen LogP contribution in [0.3, 0.4) is 0 Å². The highest BCUT2D eigenvalue weighted by Gasteiger charge is 2.47. The molecule has 6 rings (SSSR count).